The van der Waals surface area contributed by atoms with Gasteiger partial charge in [0.2, 0.25) is 5.91 Å². The number of nitrogens with zero attached hydrogens (tertiary/aromatic N) is 2. The number of aryl methyl sites for hydroxylation is 1. The molecule has 0 atom stereocenters. The number of carbonyl (C=O) groups excluding carboxylic acids is 1. The standard InChI is InChI=1S/C22H21N3O5/c1-25-13-16(12-23-25)14-30-20-11-15(7-9-19(20)29-2)8-10-21(26)24-18-6-4-3-5-17(18)22(27)28/h3-13H,14H2,1-2H3,(H,24,26)(H,27,28)/b10-8+. The maximum absolute atomic E-state index is 12.2. The number of hydrogen-bond acceptors (Lipinski definition) is 5. The van der Waals surface area contributed by atoms with Crippen LogP contribution in [0.1, 0.15) is 21.5 Å². The van der Waals surface area contributed by atoms with Gasteiger partial charge in [-0.25, -0.2) is 4.79 Å². The number of anilines is 1. The van der Waals surface area contributed by atoms with Crippen LogP contribution in [0.5, 0.6) is 11.5 Å². The third-order valence-electron chi connectivity index (χ3n) is 4.18. The van der Waals surface area contributed by atoms with Gasteiger partial charge in [-0.1, -0.05) is 18.2 Å². The number of methoxy groups -OCH3 is 1. The average Bonchev–Trinajstić information content (AvgIpc) is 3.16. The van der Waals surface area contributed by atoms with Gasteiger partial charge in [0, 0.05) is 24.9 Å². The number of carbonyl (C=O) groups is 2. The minimum absolute atomic E-state index is 0.0229. The van der Waals surface area contributed by atoms with Crippen LogP contribution >= 0.6 is 0 Å². The van der Waals surface area contributed by atoms with Gasteiger partial charge >= 0.3 is 5.97 Å². The molecule has 30 heavy (non-hydrogen) atoms. The number of carboxylic acid groups (broad SMARTS) is 1. The van der Waals surface area contributed by atoms with Crippen molar-refractivity contribution in [3.05, 3.63) is 77.6 Å². The van der Waals surface area contributed by atoms with Gasteiger partial charge in [0.25, 0.3) is 0 Å². The number of benzene rings is 2. The Kier molecular flexibility index (Phi) is 6.49. The first-order valence-electron chi connectivity index (χ1n) is 9.06. The molecule has 0 spiro atoms. The van der Waals surface area contributed by atoms with Crippen LogP contribution < -0.4 is 14.8 Å². The number of para-hydroxylation sites is 1. The van der Waals surface area contributed by atoms with E-state index in [4.69, 9.17) is 9.47 Å². The fraction of sp³-hybridized carbons (Fsp3) is 0.136. The van der Waals surface area contributed by atoms with Gasteiger partial charge in [-0.15, -0.1) is 0 Å². The van der Waals surface area contributed by atoms with E-state index in [1.54, 1.807) is 54.4 Å². The van der Waals surface area contributed by atoms with Crippen molar-refractivity contribution < 1.29 is 24.2 Å². The molecule has 0 fully saturated rings. The Labute approximate surface area is 173 Å². The lowest BCUT2D eigenvalue weighted by Gasteiger charge is -2.11. The number of amides is 1. The van der Waals surface area contributed by atoms with Crippen molar-refractivity contribution in [2.75, 3.05) is 12.4 Å². The van der Waals surface area contributed by atoms with Crippen LogP contribution in [0.15, 0.2) is 60.9 Å². The molecule has 0 aliphatic carbocycles. The average molecular weight is 407 g/mol. The van der Waals surface area contributed by atoms with Crippen molar-refractivity contribution >= 4 is 23.6 Å². The summed E-state index contributed by atoms with van der Waals surface area (Å²) in [5, 5.41) is 15.9. The zero-order valence-electron chi connectivity index (χ0n) is 16.5. The van der Waals surface area contributed by atoms with Crippen molar-refractivity contribution in [3.8, 4) is 11.5 Å². The maximum Gasteiger partial charge on any atom is 0.337 e. The number of nitrogens with one attached hydrogen (secondary N) is 1. The zero-order chi connectivity index (χ0) is 21.5. The lowest BCUT2D eigenvalue weighted by molar-refractivity contribution is -0.111. The minimum atomic E-state index is -1.11. The van der Waals surface area contributed by atoms with E-state index in [9.17, 15) is 14.7 Å². The molecule has 8 nitrogen and oxygen atoms in total. The van der Waals surface area contributed by atoms with Gasteiger partial charge < -0.3 is 19.9 Å². The second-order valence-corrected chi connectivity index (χ2v) is 6.39. The van der Waals surface area contributed by atoms with E-state index in [1.807, 2.05) is 13.2 Å². The molecule has 3 aromatic rings. The zero-order valence-corrected chi connectivity index (χ0v) is 16.5. The van der Waals surface area contributed by atoms with E-state index >= 15 is 0 Å². The second kappa shape index (κ2) is 9.42. The molecule has 2 N–H and O–H groups in total. The summed E-state index contributed by atoms with van der Waals surface area (Å²) in [7, 11) is 3.38. The van der Waals surface area contributed by atoms with Crippen molar-refractivity contribution in [2.45, 2.75) is 6.61 Å². The Morgan fingerprint density at radius 1 is 1.20 bits per heavy atom. The Hall–Kier alpha value is -4.07. The quantitative estimate of drug-likeness (QED) is 0.555. The molecule has 0 aliphatic heterocycles. The third kappa shape index (κ3) is 5.26. The first-order valence-corrected chi connectivity index (χ1v) is 9.06. The molecule has 1 heterocycles. The highest BCUT2D eigenvalue weighted by Gasteiger charge is 2.10. The summed E-state index contributed by atoms with van der Waals surface area (Å²) in [6.07, 6.45) is 6.51. The highest BCUT2D eigenvalue weighted by atomic mass is 16.5. The molecule has 1 amide bonds. The minimum Gasteiger partial charge on any atom is -0.493 e. The maximum atomic E-state index is 12.2. The van der Waals surface area contributed by atoms with Crippen molar-refractivity contribution in [2.24, 2.45) is 7.05 Å². The predicted molar refractivity (Wildman–Crippen MR) is 112 cm³/mol. The Morgan fingerprint density at radius 2 is 2.00 bits per heavy atom. The van der Waals surface area contributed by atoms with E-state index in [2.05, 4.69) is 10.4 Å². The highest BCUT2D eigenvalue weighted by molar-refractivity contribution is 6.06. The monoisotopic (exact) mass is 407 g/mol. The fourth-order valence-corrected chi connectivity index (χ4v) is 2.74. The summed E-state index contributed by atoms with van der Waals surface area (Å²) in [5.74, 6) is -0.464. The first kappa shape index (κ1) is 20.7. The first-order chi connectivity index (χ1) is 14.5. The predicted octanol–water partition coefficient (Wildman–Crippen LogP) is 3.36. The fourth-order valence-electron chi connectivity index (χ4n) is 2.74. The number of rotatable bonds is 8. The molecule has 154 valence electrons. The van der Waals surface area contributed by atoms with E-state index in [-0.39, 0.29) is 11.3 Å². The topological polar surface area (TPSA) is 103 Å². The van der Waals surface area contributed by atoms with Crippen LogP contribution in [-0.2, 0) is 18.4 Å². The second-order valence-electron chi connectivity index (χ2n) is 6.39. The number of ether oxygens (including phenoxy) is 2. The number of carboxylic acids is 1. The Balaban J connectivity index is 1.70. The van der Waals surface area contributed by atoms with Crippen molar-refractivity contribution in [3.63, 3.8) is 0 Å². The number of aromatic nitrogens is 2. The van der Waals surface area contributed by atoms with Crippen LogP contribution in [-0.4, -0.2) is 33.9 Å². The van der Waals surface area contributed by atoms with Crippen LogP contribution in [0.2, 0.25) is 0 Å². The van der Waals surface area contributed by atoms with Gasteiger partial charge in [0.05, 0.1) is 24.6 Å². The summed E-state index contributed by atoms with van der Waals surface area (Å²) in [6, 6.07) is 11.5. The van der Waals surface area contributed by atoms with Crippen LogP contribution in [0.4, 0.5) is 5.69 Å². The normalized spacial score (nSPS) is 10.7. The number of hydrogen-bond donors (Lipinski definition) is 2. The van der Waals surface area contributed by atoms with Crippen molar-refractivity contribution in [1.29, 1.82) is 0 Å². The van der Waals surface area contributed by atoms with Gasteiger partial charge in [0.1, 0.15) is 6.61 Å². The van der Waals surface area contributed by atoms with Crippen LogP contribution in [0.3, 0.4) is 0 Å². The molecule has 0 aliphatic rings. The van der Waals surface area contributed by atoms with Gasteiger partial charge in [-0.3, -0.25) is 9.48 Å². The lowest BCUT2D eigenvalue weighted by atomic mass is 10.1. The molecular formula is C22H21N3O5. The summed E-state index contributed by atoms with van der Waals surface area (Å²) < 4.78 is 12.9. The van der Waals surface area contributed by atoms with Gasteiger partial charge in [-0.2, -0.15) is 5.10 Å². The lowest BCUT2D eigenvalue weighted by Crippen LogP contribution is -2.11. The molecule has 0 radical (unpaired) electrons. The summed E-state index contributed by atoms with van der Waals surface area (Å²) in [5.41, 5.74) is 1.89. The smallest absolute Gasteiger partial charge is 0.337 e. The van der Waals surface area contributed by atoms with Crippen LogP contribution in [0, 0.1) is 0 Å². The Morgan fingerprint density at radius 3 is 2.70 bits per heavy atom. The molecule has 3 rings (SSSR count). The number of aromatic carboxylic acids is 1. The van der Waals surface area contributed by atoms with Gasteiger partial charge in [-0.05, 0) is 35.9 Å². The molecule has 8 heteroatoms. The molecule has 0 saturated carbocycles. The van der Waals surface area contributed by atoms with E-state index in [0.29, 0.717) is 18.1 Å². The molecule has 2 aromatic carbocycles. The van der Waals surface area contributed by atoms with Crippen molar-refractivity contribution in [1.82, 2.24) is 9.78 Å². The largest absolute Gasteiger partial charge is 0.493 e. The van der Waals surface area contributed by atoms with E-state index in [0.717, 1.165) is 11.1 Å². The SMILES string of the molecule is COc1ccc(/C=C/C(=O)Nc2ccccc2C(=O)O)cc1OCc1cnn(C)c1. The summed E-state index contributed by atoms with van der Waals surface area (Å²) >= 11 is 0. The van der Waals surface area contributed by atoms with E-state index in [1.165, 1.54) is 18.2 Å². The van der Waals surface area contributed by atoms with E-state index < -0.39 is 11.9 Å². The van der Waals surface area contributed by atoms with Gasteiger partial charge in [0.15, 0.2) is 11.5 Å². The Bertz CT molecular complexity index is 1090. The molecular weight excluding hydrogens is 386 g/mol. The van der Waals surface area contributed by atoms with Crippen LogP contribution in [0.25, 0.3) is 6.08 Å². The summed E-state index contributed by atoms with van der Waals surface area (Å²) in [6.45, 7) is 0.323. The molecule has 0 bridgehead atoms. The third-order valence-corrected chi connectivity index (χ3v) is 4.18. The summed E-state index contributed by atoms with van der Waals surface area (Å²) in [4.78, 5) is 23.5. The molecule has 0 saturated heterocycles. The molecule has 1 aromatic heterocycles. The molecule has 0 unspecified atom stereocenters. The highest BCUT2D eigenvalue weighted by Crippen LogP contribution is 2.29.